The van der Waals surface area contributed by atoms with Gasteiger partial charge in [-0.3, -0.25) is 4.79 Å². The van der Waals surface area contributed by atoms with Gasteiger partial charge < -0.3 is 14.8 Å². The van der Waals surface area contributed by atoms with Crippen molar-refractivity contribution in [2.75, 3.05) is 19.5 Å². The van der Waals surface area contributed by atoms with Crippen LogP contribution < -0.4 is 14.8 Å². The molecule has 0 bridgehead atoms. The first-order valence-corrected chi connectivity index (χ1v) is 9.86. The summed E-state index contributed by atoms with van der Waals surface area (Å²) in [7, 11) is 3.12. The predicted molar refractivity (Wildman–Crippen MR) is 112 cm³/mol. The van der Waals surface area contributed by atoms with Gasteiger partial charge in [-0.25, -0.2) is 4.68 Å². The molecule has 0 radical (unpaired) electrons. The molecule has 1 amide bonds. The monoisotopic (exact) mass is 413 g/mol. The first kappa shape index (κ1) is 20.7. The zero-order chi connectivity index (χ0) is 21.0. The van der Waals surface area contributed by atoms with Crippen molar-refractivity contribution >= 4 is 23.4 Å². The minimum Gasteiger partial charge on any atom is -0.493 e. The van der Waals surface area contributed by atoms with E-state index in [1.54, 1.807) is 37.1 Å². The first-order chi connectivity index (χ1) is 13.9. The maximum atomic E-state index is 12.5. The zero-order valence-corrected chi connectivity index (χ0v) is 17.8. The summed E-state index contributed by atoms with van der Waals surface area (Å²) in [4.78, 5) is 12.5. The molecule has 0 aliphatic carbocycles. The number of nitrogens with zero attached hydrogens (tertiary/aromatic N) is 4. The average molecular weight is 414 g/mol. The van der Waals surface area contributed by atoms with E-state index in [0.717, 1.165) is 11.4 Å². The van der Waals surface area contributed by atoms with Crippen molar-refractivity contribution in [3.05, 3.63) is 47.8 Å². The molecule has 2 aromatic heterocycles. The summed E-state index contributed by atoms with van der Waals surface area (Å²) in [5.41, 5.74) is 2.54. The van der Waals surface area contributed by atoms with Crippen LogP contribution >= 0.6 is 11.8 Å². The number of aryl methyl sites for hydroxylation is 2. The van der Waals surface area contributed by atoms with Gasteiger partial charge in [0.05, 0.1) is 25.2 Å². The molecule has 0 spiro atoms. The van der Waals surface area contributed by atoms with E-state index in [4.69, 9.17) is 9.47 Å². The second-order valence-electron chi connectivity index (χ2n) is 6.39. The molecule has 9 heteroatoms. The number of methoxy groups -OCH3 is 2. The van der Waals surface area contributed by atoms with Gasteiger partial charge >= 0.3 is 0 Å². The minimum absolute atomic E-state index is 0.147. The second kappa shape index (κ2) is 8.95. The Morgan fingerprint density at radius 1 is 1.07 bits per heavy atom. The van der Waals surface area contributed by atoms with Gasteiger partial charge in [-0.15, -0.1) is 10.2 Å². The van der Waals surface area contributed by atoms with Gasteiger partial charge in [0.1, 0.15) is 5.03 Å². The largest absolute Gasteiger partial charge is 0.493 e. The number of carbonyl (C=O) groups excluding carboxylic acids is 1. The summed E-state index contributed by atoms with van der Waals surface area (Å²) in [5, 5.41) is 16.0. The van der Waals surface area contributed by atoms with Crippen molar-refractivity contribution in [2.24, 2.45) is 0 Å². The second-order valence-corrected chi connectivity index (χ2v) is 7.75. The van der Waals surface area contributed by atoms with E-state index in [9.17, 15) is 4.79 Å². The number of anilines is 1. The number of hydrogen-bond acceptors (Lipinski definition) is 7. The highest BCUT2D eigenvalue weighted by molar-refractivity contribution is 8.00. The first-order valence-electron chi connectivity index (χ1n) is 8.98. The molecule has 0 unspecified atom stereocenters. The van der Waals surface area contributed by atoms with Crippen LogP contribution in [0, 0.1) is 13.8 Å². The summed E-state index contributed by atoms with van der Waals surface area (Å²) >= 11 is 1.33. The topological polar surface area (TPSA) is 91.2 Å². The molecule has 0 fully saturated rings. The van der Waals surface area contributed by atoms with Crippen LogP contribution in [-0.4, -0.2) is 45.4 Å². The van der Waals surface area contributed by atoms with Gasteiger partial charge in [-0.2, -0.15) is 5.10 Å². The summed E-state index contributed by atoms with van der Waals surface area (Å²) in [6, 6.07) is 10.9. The van der Waals surface area contributed by atoms with Crippen LogP contribution in [0.15, 0.2) is 41.4 Å². The molecule has 1 N–H and O–H groups in total. The molecule has 3 rings (SSSR count). The summed E-state index contributed by atoms with van der Waals surface area (Å²) in [5.74, 6) is 1.65. The van der Waals surface area contributed by atoms with Gasteiger partial charge in [-0.05, 0) is 51.1 Å². The van der Waals surface area contributed by atoms with Crippen LogP contribution in [0.4, 0.5) is 5.69 Å². The lowest BCUT2D eigenvalue weighted by Gasteiger charge is -2.13. The third kappa shape index (κ3) is 4.86. The maximum Gasteiger partial charge on any atom is 0.237 e. The molecule has 0 saturated carbocycles. The highest BCUT2D eigenvalue weighted by Crippen LogP contribution is 2.30. The normalized spacial score (nSPS) is 11.8. The Labute approximate surface area is 173 Å². The SMILES string of the molecule is COc1ccc(NC(=O)[C@H](C)Sc2ccc(-n3nc(C)cc3C)nn2)cc1OC. The number of carbonyl (C=O) groups is 1. The summed E-state index contributed by atoms with van der Waals surface area (Å²) in [6.07, 6.45) is 0. The molecule has 0 aliphatic heterocycles. The Bertz CT molecular complexity index is 1000. The molecule has 1 atom stereocenters. The summed E-state index contributed by atoms with van der Waals surface area (Å²) < 4.78 is 12.2. The third-order valence-electron chi connectivity index (χ3n) is 4.17. The standard InChI is InChI=1S/C20H23N5O3S/c1-12-10-13(2)25(24-12)18-8-9-19(23-22-18)29-14(3)20(26)21-15-6-7-16(27-4)17(11-15)28-5/h6-11,14H,1-5H3,(H,21,26)/t14-/m0/s1. The van der Waals surface area contributed by atoms with E-state index in [-0.39, 0.29) is 11.2 Å². The number of aromatic nitrogens is 4. The number of benzene rings is 1. The van der Waals surface area contributed by atoms with Gasteiger partial charge in [-0.1, -0.05) is 11.8 Å². The third-order valence-corrected chi connectivity index (χ3v) is 5.20. The molecule has 152 valence electrons. The predicted octanol–water partition coefficient (Wildman–Crippen LogP) is 3.42. The van der Waals surface area contributed by atoms with E-state index >= 15 is 0 Å². The number of ether oxygens (including phenoxy) is 2. The van der Waals surface area contributed by atoms with E-state index in [0.29, 0.717) is 28.0 Å². The fourth-order valence-corrected chi connectivity index (χ4v) is 3.50. The average Bonchev–Trinajstić information content (AvgIpc) is 3.06. The van der Waals surface area contributed by atoms with Crippen molar-refractivity contribution < 1.29 is 14.3 Å². The van der Waals surface area contributed by atoms with Crippen LogP contribution in [0.5, 0.6) is 11.5 Å². The Balaban J connectivity index is 1.64. The van der Waals surface area contributed by atoms with Gasteiger partial charge in [0.15, 0.2) is 17.3 Å². The lowest BCUT2D eigenvalue weighted by molar-refractivity contribution is -0.115. The Kier molecular flexibility index (Phi) is 6.38. The zero-order valence-electron chi connectivity index (χ0n) is 17.0. The van der Waals surface area contributed by atoms with E-state index in [1.165, 1.54) is 11.8 Å². The van der Waals surface area contributed by atoms with Crippen molar-refractivity contribution in [3.63, 3.8) is 0 Å². The molecular formula is C20H23N5O3S. The highest BCUT2D eigenvalue weighted by atomic mass is 32.2. The van der Waals surface area contributed by atoms with Gasteiger partial charge in [0.25, 0.3) is 0 Å². The lowest BCUT2D eigenvalue weighted by Crippen LogP contribution is -2.22. The van der Waals surface area contributed by atoms with Crippen molar-refractivity contribution in [2.45, 2.75) is 31.0 Å². The number of hydrogen-bond donors (Lipinski definition) is 1. The van der Waals surface area contributed by atoms with Crippen LogP contribution in [0.3, 0.4) is 0 Å². The van der Waals surface area contributed by atoms with Gasteiger partial charge in [0.2, 0.25) is 5.91 Å². The number of amides is 1. The number of nitrogens with one attached hydrogen (secondary N) is 1. The smallest absolute Gasteiger partial charge is 0.237 e. The Morgan fingerprint density at radius 2 is 1.83 bits per heavy atom. The molecule has 0 aliphatic rings. The van der Waals surface area contributed by atoms with Crippen molar-refractivity contribution in [1.82, 2.24) is 20.0 Å². The van der Waals surface area contributed by atoms with Crippen LogP contribution in [0.2, 0.25) is 0 Å². The fraction of sp³-hybridized carbons (Fsp3) is 0.300. The molecule has 0 saturated heterocycles. The minimum atomic E-state index is -0.364. The van der Waals surface area contributed by atoms with Crippen molar-refractivity contribution in [3.8, 4) is 17.3 Å². The Morgan fingerprint density at radius 3 is 2.41 bits per heavy atom. The highest BCUT2D eigenvalue weighted by Gasteiger charge is 2.17. The number of thioether (sulfide) groups is 1. The number of rotatable bonds is 7. The van der Waals surface area contributed by atoms with E-state index in [1.807, 2.05) is 39.0 Å². The van der Waals surface area contributed by atoms with Crippen LogP contribution in [-0.2, 0) is 4.79 Å². The molecule has 29 heavy (non-hydrogen) atoms. The Hall–Kier alpha value is -3.07. The van der Waals surface area contributed by atoms with E-state index in [2.05, 4.69) is 20.6 Å². The van der Waals surface area contributed by atoms with Gasteiger partial charge in [0, 0.05) is 17.4 Å². The molecule has 8 nitrogen and oxygen atoms in total. The lowest BCUT2D eigenvalue weighted by atomic mass is 10.2. The van der Waals surface area contributed by atoms with Crippen molar-refractivity contribution in [1.29, 1.82) is 0 Å². The molecule has 2 heterocycles. The molecule has 1 aromatic carbocycles. The van der Waals surface area contributed by atoms with E-state index < -0.39 is 0 Å². The summed E-state index contributed by atoms with van der Waals surface area (Å²) in [6.45, 7) is 5.71. The maximum absolute atomic E-state index is 12.5. The molecule has 3 aromatic rings. The fourth-order valence-electron chi connectivity index (χ4n) is 2.74. The quantitative estimate of drug-likeness (QED) is 0.594. The van der Waals surface area contributed by atoms with Crippen LogP contribution in [0.1, 0.15) is 18.3 Å². The van der Waals surface area contributed by atoms with Crippen LogP contribution in [0.25, 0.3) is 5.82 Å². The molecular weight excluding hydrogens is 390 g/mol.